The number of piperazine rings is 1. The summed E-state index contributed by atoms with van der Waals surface area (Å²) in [5.74, 6) is 0.827. The molecule has 4 rings (SSSR count). The molecule has 6 heteroatoms. The Balaban J connectivity index is 1.38. The number of anilines is 1. The van der Waals surface area contributed by atoms with Gasteiger partial charge in [-0.1, -0.05) is 36.4 Å². The van der Waals surface area contributed by atoms with Gasteiger partial charge in [-0.3, -0.25) is 19.4 Å². The lowest BCUT2D eigenvalue weighted by molar-refractivity contribution is -0.140. The molecule has 0 spiro atoms. The molecule has 3 heterocycles. The number of hydrogen-bond acceptors (Lipinski definition) is 5. The van der Waals surface area contributed by atoms with Crippen molar-refractivity contribution < 1.29 is 9.59 Å². The molecule has 2 fully saturated rings. The van der Waals surface area contributed by atoms with Crippen molar-refractivity contribution >= 4 is 17.6 Å². The molecular weight excluding hydrogens is 328 g/mol. The minimum absolute atomic E-state index is 0.0647. The molecule has 2 aliphatic heterocycles. The topological polar surface area (TPSA) is 56.8 Å². The fraction of sp³-hybridized carbons (Fsp3) is 0.350. The minimum Gasteiger partial charge on any atom is -0.354 e. The molecule has 0 radical (unpaired) electrons. The van der Waals surface area contributed by atoms with Crippen molar-refractivity contribution in [3.8, 4) is 0 Å². The predicted molar refractivity (Wildman–Crippen MR) is 98.4 cm³/mol. The average molecular weight is 350 g/mol. The molecule has 2 amide bonds. The van der Waals surface area contributed by atoms with Gasteiger partial charge in [0.15, 0.2) is 0 Å². The summed E-state index contributed by atoms with van der Waals surface area (Å²) in [6.45, 7) is 3.52. The molecule has 1 atom stereocenters. The molecule has 0 bridgehead atoms. The Labute approximate surface area is 153 Å². The first-order chi connectivity index (χ1) is 12.7. The molecule has 0 saturated carbocycles. The first-order valence-corrected chi connectivity index (χ1v) is 9.00. The number of likely N-dealkylation sites (tertiary alicyclic amines) is 1. The van der Waals surface area contributed by atoms with Gasteiger partial charge in [-0.25, -0.2) is 4.98 Å². The van der Waals surface area contributed by atoms with Crippen LogP contribution in [0.25, 0.3) is 0 Å². The summed E-state index contributed by atoms with van der Waals surface area (Å²) >= 11 is 0. The van der Waals surface area contributed by atoms with E-state index in [1.165, 1.54) is 4.90 Å². The van der Waals surface area contributed by atoms with Gasteiger partial charge in [-0.05, 0) is 17.7 Å². The summed E-state index contributed by atoms with van der Waals surface area (Å²) in [4.78, 5) is 35.4. The Kier molecular flexibility index (Phi) is 4.67. The van der Waals surface area contributed by atoms with Gasteiger partial charge in [0, 0.05) is 32.4 Å². The molecule has 26 heavy (non-hydrogen) atoms. The second kappa shape index (κ2) is 7.25. The maximum atomic E-state index is 12.8. The zero-order valence-corrected chi connectivity index (χ0v) is 14.6. The van der Waals surface area contributed by atoms with E-state index in [0.717, 1.165) is 37.6 Å². The summed E-state index contributed by atoms with van der Waals surface area (Å²) in [6, 6.07) is 15.2. The summed E-state index contributed by atoms with van der Waals surface area (Å²) in [5.41, 5.74) is 0.981. The van der Waals surface area contributed by atoms with Crippen molar-refractivity contribution in [2.45, 2.75) is 19.0 Å². The van der Waals surface area contributed by atoms with Crippen molar-refractivity contribution in [2.24, 2.45) is 0 Å². The molecule has 0 aliphatic carbocycles. The van der Waals surface area contributed by atoms with E-state index in [1.54, 1.807) is 6.20 Å². The van der Waals surface area contributed by atoms with E-state index in [1.807, 2.05) is 48.5 Å². The van der Waals surface area contributed by atoms with Gasteiger partial charge in [0.1, 0.15) is 5.82 Å². The first kappa shape index (κ1) is 16.7. The fourth-order valence-electron chi connectivity index (χ4n) is 3.69. The van der Waals surface area contributed by atoms with Gasteiger partial charge < -0.3 is 4.90 Å². The molecule has 1 aromatic carbocycles. The summed E-state index contributed by atoms with van der Waals surface area (Å²) in [7, 11) is 0. The van der Waals surface area contributed by atoms with Crippen LogP contribution in [-0.2, 0) is 16.1 Å². The predicted octanol–water partition coefficient (Wildman–Crippen LogP) is 1.53. The van der Waals surface area contributed by atoms with E-state index >= 15 is 0 Å². The molecule has 134 valence electrons. The highest BCUT2D eigenvalue weighted by atomic mass is 16.2. The molecule has 6 nitrogen and oxygen atoms in total. The third-order valence-electron chi connectivity index (χ3n) is 5.13. The van der Waals surface area contributed by atoms with Crippen LogP contribution < -0.4 is 4.90 Å². The number of carbonyl (C=O) groups excluding carboxylic acids is 2. The maximum absolute atomic E-state index is 12.8. The third kappa shape index (κ3) is 3.32. The van der Waals surface area contributed by atoms with Crippen LogP contribution >= 0.6 is 0 Å². The lowest BCUT2D eigenvalue weighted by Gasteiger charge is -2.37. The van der Waals surface area contributed by atoms with E-state index in [4.69, 9.17) is 0 Å². The van der Waals surface area contributed by atoms with E-state index in [-0.39, 0.29) is 24.3 Å². The second-order valence-corrected chi connectivity index (χ2v) is 6.73. The summed E-state index contributed by atoms with van der Waals surface area (Å²) in [6.07, 6.45) is 2.08. The van der Waals surface area contributed by atoms with Gasteiger partial charge in [-0.15, -0.1) is 0 Å². The van der Waals surface area contributed by atoms with E-state index in [9.17, 15) is 9.59 Å². The van der Waals surface area contributed by atoms with Crippen molar-refractivity contribution in [3.05, 3.63) is 60.3 Å². The number of imide groups is 1. The molecule has 0 unspecified atom stereocenters. The zero-order chi connectivity index (χ0) is 17.9. The van der Waals surface area contributed by atoms with E-state index in [2.05, 4.69) is 14.8 Å². The Morgan fingerprint density at radius 3 is 2.35 bits per heavy atom. The van der Waals surface area contributed by atoms with Crippen molar-refractivity contribution in [1.29, 1.82) is 0 Å². The van der Waals surface area contributed by atoms with Crippen LogP contribution in [0.15, 0.2) is 54.7 Å². The van der Waals surface area contributed by atoms with Crippen LogP contribution in [0, 0.1) is 0 Å². The number of nitrogens with zero attached hydrogens (tertiary/aromatic N) is 4. The van der Waals surface area contributed by atoms with Crippen LogP contribution in [0.1, 0.15) is 12.0 Å². The Bertz CT molecular complexity index is 773. The number of amides is 2. The van der Waals surface area contributed by atoms with Gasteiger partial charge in [0.05, 0.1) is 19.0 Å². The van der Waals surface area contributed by atoms with Crippen LogP contribution in [0.5, 0.6) is 0 Å². The monoisotopic (exact) mass is 350 g/mol. The van der Waals surface area contributed by atoms with Gasteiger partial charge in [0.25, 0.3) is 0 Å². The van der Waals surface area contributed by atoms with Crippen LogP contribution in [-0.4, -0.2) is 58.8 Å². The Hall–Kier alpha value is -2.73. The number of pyridine rings is 1. The molecule has 1 aromatic heterocycles. The number of carbonyl (C=O) groups is 2. The zero-order valence-electron chi connectivity index (χ0n) is 14.6. The van der Waals surface area contributed by atoms with Crippen LogP contribution in [0.2, 0.25) is 0 Å². The smallest absolute Gasteiger partial charge is 0.247 e. The molecule has 2 aromatic rings. The quantitative estimate of drug-likeness (QED) is 0.783. The molecular formula is C20H22N4O2. The number of aromatic nitrogens is 1. The first-order valence-electron chi connectivity index (χ1n) is 9.00. The number of benzene rings is 1. The highest BCUT2D eigenvalue weighted by Gasteiger charge is 2.42. The fourth-order valence-corrected chi connectivity index (χ4v) is 3.69. The lowest BCUT2D eigenvalue weighted by Crippen LogP contribution is -2.52. The SMILES string of the molecule is O=C1C[C@@H](N2CCN(c3ccccn3)CC2)C(=O)N1Cc1ccccc1. The van der Waals surface area contributed by atoms with E-state index < -0.39 is 0 Å². The lowest BCUT2D eigenvalue weighted by atomic mass is 10.1. The average Bonchev–Trinajstić information content (AvgIpc) is 2.98. The van der Waals surface area contributed by atoms with Crippen molar-refractivity contribution in [1.82, 2.24) is 14.8 Å². The van der Waals surface area contributed by atoms with Crippen molar-refractivity contribution in [3.63, 3.8) is 0 Å². The highest BCUT2D eigenvalue weighted by Crippen LogP contribution is 2.23. The largest absolute Gasteiger partial charge is 0.354 e. The van der Waals surface area contributed by atoms with Gasteiger partial charge in [-0.2, -0.15) is 0 Å². The van der Waals surface area contributed by atoms with Gasteiger partial charge in [0.2, 0.25) is 11.8 Å². The normalized spacial score (nSPS) is 21.5. The summed E-state index contributed by atoms with van der Waals surface area (Å²) in [5, 5.41) is 0. The Morgan fingerprint density at radius 1 is 0.923 bits per heavy atom. The molecule has 2 aliphatic rings. The second-order valence-electron chi connectivity index (χ2n) is 6.73. The number of rotatable bonds is 4. The molecule has 0 N–H and O–H groups in total. The van der Waals surface area contributed by atoms with Crippen LogP contribution in [0.4, 0.5) is 5.82 Å². The highest BCUT2D eigenvalue weighted by molar-refractivity contribution is 6.05. The number of hydrogen-bond donors (Lipinski definition) is 0. The molecule has 2 saturated heterocycles. The van der Waals surface area contributed by atoms with E-state index in [0.29, 0.717) is 6.54 Å². The summed E-state index contributed by atoms with van der Waals surface area (Å²) < 4.78 is 0. The van der Waals surface area contributed by atoms with Crippen LogP contribution in [0.3, 0.4) is 0 Å². The third-order valence-corrected chi connectivity index (χ3v) is 5.13. The maximum Gasteiger partial charge on any atom is 0.247 e. The Morgan fingerprint density at radius 2 is 1.65 bits per heavy atom. The standard InChI is InChI=1S/C20H22N4O2/c25-19-14-17(20(26)24(19)15-16-6-2-1-3-7-16)22-10-12-23(13-11-22)18-8-4-5-9-21-18/h1-9,17H,10-15H2/t17-/m1/s1. The van der Waals surface area contributed by atoms with Crippen molar-refractivity contribution in [2.75, 3.05) is 31.1 Å². The minimum atomic E-state index is -0.322. The van der Waals surface area contributed by atoms with Gasteiger partial charge >= 0.3 is 0 Å².